The molecule has 0 aliphatic carbocycles. The van der Waals surface area contributed by atoms with Crippen LogP contribution in [0.25, 0.3) is 0 Å². The lowest BCUT2D eigenvalue weighted by Gasteiger charge is -2.15. The number of alkyl halides is 6. The van der Waals surface area contributed by atoms with E-state index in [0.717, 1.165) is 11.8 Å². The zero-order valence-electron chi connectivity index (χ0n) is 10.5. The molecule has 1 N–H and O–H groups in total. The van der Waals surface area contributed by atoms with Gasteiger partial charge in [0.15, 0.2) is 0 Å². The number of nitrogens with one attached hydrogen (secondary N) is 1. The number of carbonyl (C=O) groups excluding carboxylic acids is 1. The topological polar surface area (TPSA) is 72.5 Å². The third kappa shape index (κ3) is 4.06. The number of rotatable bonds is 4. The summed E-state index contributed by atoms with van der Waals surface area (Å²) in [7, 11) is -4.97. The number of benzene rings is 1. The monoisotopic (exact) mass is 411 g/mol. The molecule has 5 nitrogen and oxygen atoms in total. The highest BCUT2D eigenvalue weighted by Gasteiger charge is 2.46. The Balaban J connectivity index is 3.41. The Kier molecular flexibility index (Phi) is 5.07. The van der Waals surface area contributed by atoms with E-state index in [2.05, 4.69) is 4.74 Å². The van der Waals surface area contributed by atoms with Crippen LogP contribution in [0, 0.1) is 0 Å². The molecular formula is C10H7BrF5NO4S. The average Bonchev–Trinajstić information content (AvgIpc) is 2.35. The van der Waals surface area contributed by atoms with Gasteiger partial charge in [0.1, 0.15) is 0 Å². The molecule has 0 radical (unpaired) electrons. The van der Waals surface area contributed by atoms with Gasteiger partial charge in [-0.05, 0) is 34.1 Å². The Labute approximate surface area is 129 Å². The number of carbonyl (C=O) groups is 1. The van der Waals surface area contributed by atoms with Crippen LogP contribution in [0.5, 0.6) is 0 Å². The molecule has 0 bridgehead atoms. The second-order valence-corrected chi connectivity index (χ2v) is 6.47. The van der Waals surface area contributed by atoms with Crippen molar-refractivity contribution in [2.75, 3.05) is 11.8 Å². The molecule has 0 spiro atoms. The van der Waals surface area contributed by atoms with Crippen LogP contribution in [-0.2, 0) is 19.6 Å². The smallest absolute Gasteiger partial charge is 0.465 e. The molecule has 0 aromatic heterocycles. The summed E-state index contributed by atoms with van der Waals surface area (Å²) in [5.41, 5.74) is -8.06. The molecule has 0 fully saturated rings. The normalized spacial score (nSPS) is 12.9. The Bertz CT molecular complexity index is 684. The standard InChI is InChI=1S/C10H7BrF5NO4S/c1-21-8(18)6-4-5(9(11,12)13)2-3-7(6)17-22(19,20)10(14,15)16/h2-4,17H,1H3. The molecule has 1 aromatic carbocycles. The first-order valence-corrected chi connectivity index (χ1v) is 7.46. The molecule has 22 heavy (non-hydrogen) atoms. The van der Waals surface area contributed by atoms with Crippen molar-refractivity contribution in [3.05, 3.63) is 29.3 Å². The molecule has 124 valence electrons. The highest BCUT2D eigenvalue weighted by molar-refractivity contribution is 9.09. The molecule has 0 saturated carbocycles. The maximum atomic E-state index is 13.1. The Morgan fingerprint density at radius 2 is 1.77 bits per heavy atom. The molecule has 0 amide bonds. The Morgan fingerprint density at radius 1 is 1.23 bits per heavy atom. The molecule has 0 saturated heterocycles. The lowest BCUT2D eigenvalue weighted by molar-refractivity contribution is -0.0429. The molecule has 0 heterocycles. The molecule has 1 rings (SSSR count). The molecule has 12 heteroatoms. The highest BCUT2D eigenvalue weighted by atomic mass is 79.9. The van der Waals surface area contributed by atoms with E-state index in [0.29, 0.717) is 18.2 Å². The van der Waals surface area contributed by atoms with Gasteiger partial charge in [0, 0.05) is 5.56 Å². The van der Waals surface area contributed by atoms with Crippen LogP contribution >= 0.6 is 15.9 Å². The minimum absolute atomic E-state index is 0.509. The van der Waals surface area contributed by atoms with Crippen molar-refractivity contribution in [2.45, 2.75) is 10.3 Å². The van der Waals surface area contributed by atoms with Crippen LogP contribution in [0.2, 0.25) is 0 Å². The predicted molar refractivity (Wildman–Crippen MR) is 69.2 cm³/mol. The number of anilines is 1. The van der Waals surface area contributed by atoms with Crippen LogP contribution in [0.3, 0.4) is 0 Å². The minimum Gasteiger partial charge on any atom is -0.465 e. The fourth-order valence-corrected chi connectivity index (χ4v) is 2.12. The van der Waals surface area contributed by atoms with E-state index >= 15 is 0 Å². The van der Waals surface area contributed by atoms with Gasteiger partial charge >= 0.3 is 26.3 Å². The first-order valence-electron chi connectivity index (χ1n) is 5.18. The van der Waals surface area contributed by atoms with E-state index in [9.17, 15) is 35.2 Å². The number of halogens is 6. The molecule has 1 aromatic rings. The first kappa shape index (κ1) is 18.6. The maximum absolute atomic E-state index is 13.1. The van der Waals surface area contributed by atoms with E-state index in [-0.39, 0.29) is 0 Å². The van der Waals surface area contributed by atoms with Crippen LogP contribution in [0.15, 0.2) is 18.2 Å². The summed E-state index contributed by atoms with van der Waals surface area (Å²) < 4.78 is 90.5. The fraction of sp³-hybridized carbons (Fsp3) is 0.300. The summed E-state index contributed by atoms with van der Waals surface area (Å²) in [5, 5.41) is 0. The summed E-state index contributed by atoms with van der Waals surface area (Å²) in [6.07, 6.45) is 0. The molecular weight excluding hydrogens is 405 g/mol. The van der Waals surface area contributed by atoms with Crippen LogP contribution < -0.4 is 4.72 Å². The first-order chi connectivity index (χ1) is 9.79. The van der Waals surface area contributed by atoms with E-state index in [1.54, 1.807) is 0 Å². The van der Waals surface area contributed by atoms with Gasteiger partial charge in [0.2, 0.25) is 0 Å². The number of sulfonamides is 1. The van der Waals surface area contributed by atoms with Crippen molar-refractivity contribution < 1.29 is 39.9 Å². The average molecular weight is 412 g/mol. The van der Waals surface area contributed by atoms with Crippen molar-refractivity contribution in [2.24, 2.45) is 0 Å². The van der Waals surface area contributed by atoms with Crippen molar-refractivity contribution in [1.29, 1.82) is 0 Å². The fourth-order valence-electron chi connectivity index (χ4n) is 1.29. The molecule has 0 aliphatic heterocycles. The lowest BCUT2D eigenvalue weighted by atomic mass is 10.1. The van der Waals surface area contributed by atoms with Gasteiger partial charge < -0.3 is 4.74 Å². The number of methoxy groups -OCH3 is 1. The lowest BCUT2D eigenvalue weighted by Crippen LogP contribution is -2.30. The summed E-state index contributed by atoms with van der Waals surface area (Å²) in [5.74, 6) is -1.29. The van der Waals surface area contributed by atoms with Crippen molar-refractivity contribution in [1.82, 2.24) is 0 Å². The van der Waals surface area contributed by atoms with Crippen molar-refractivity contribution in [3.8, 4) is 0 Å². The van der Waals surface area contributed by atoms with Gasteiger partial charge in [-0.25, -0.2) is 4.79 Å². The summed E-state index contributed by atoms with van der Waals surface area (Å²) in [4.78, 5) is 7.88. The summed E-state index contributed by atoms with van der Waals surface area (Å²) in [6, 6.07) is 1.75. The van der Waals surface area contributed by atoms with E-state index in [1.165, 1.54) is 0 Å². The second-order valence-electron chi connectivity index (χ2n) is 3.80. The zero-order valence-corrected chi connectivity index (χ0v) is 12.9. The number of hydrogen-bond donors (Lipinski definition) is 1. The molecule has 0 aliphatic rings. The Hall–Kier alpha value is -1.43. The quantitative estimate of drug-likeness (QED) is 0.469. The van der Waals surface area contributed by atoms with Crippen LogP contribution in [0.1, 0.15) is 15.9 Å². The van der Waals surface area contributed by atoms with Crippen LogP contribution in [-0.4, -0.2) is 27.0 Å². The zero-order chi connectivity index (χ0) is 17.3. The summed E-state index contributed by atoms with van der Waals surface area (Å²) in [6.45, 7) is 0. The largest absolute Gasteiger partial charge is 0.516 e. The van der Waals surface area contributed by atoms with Gasteiger partial charge in [-0.2, -0.15) is 30.4 Å². The second kappa shape index (κ2) is 5.99. The predicted octanol–water partition coefficient (Wildman–Crippen LogP) is 3.18. The van der Waals surface area contributed by atoms with Gasteiger partial charge in [-0.3, -0.25) is 4.72 Å². The highest BCUT2D eigenvalue weighted by Crippen LogP contribution is 2.37. The summed E-state index contributed by atoms with van der Waals surface area (Å²) >= 11 is 2.01. The molecule has 0 atom stereocenters. The van der Waals surface area contributed by atoms with Crippen molar-refractivity contribution in [3.63, 3.8) is 0 Å². The van der Waals surface area contributed by atoms with Crippen LogP contribution in [0.4, 0.5) is 27.6 Å². The van der Waals surface area contributed by atoms with E-state index < -0.39 is 43.1 Å². The number of ether oxygens (including phenoxy) is 1. The number of esters is 1. The molecule has 0 unspecified atom stereocenters. The third-order valence-corrected chi connectivity index (χ3v) is 3.86. The van der Waals surface area contributed by atoms with Gasteiger partial charge in [-0.1, -0.05) is 0 Å². The SMILES string of the molecule is COC(=O)c1cc(C(F)(F)Br)ccc1NS(=O)(=O)C(F)(F)F. The van der Waals surface area contributed by atoms with Gasteiger partial charge in [0.25, 0.3) is 0 Å². The maximum Gasteiger partial charge on any atom is 0.516 e. The van der Waals surface area contributed by atoms with Gasteiger partial charge in [-0.15, -0.1) is 0 Å². The van der Waals surface area contributed by atoms with E-state index in [1.807, 2.05) is 15.9 Å². The Morgan fingerprint density at radius 3 is 2.18 bits per heavy atom. The van der Waals surface area contributed by atoms with Crippen molar-refractivity contribution >= 4 is 37.6 Å². The van der Waals surface area contributed by atoms with E-state index in [4.69, 9.17) is 0 Å². The van der Waals surface area contributed by atoms with Gasteiger partial charge in [0.05, 0.1) is 18.4 Å². The number of hydrogen-bond acceptors (Lipinski definition) is 4. The third-order valence-electron chi connectivity index (χ3n) is 2.30. The minimum atomic E-state index is -5.82.